The Kier molecular flexibility index (Phi) is 5.41. The van der Waals surface area contributed by atoms with Crippen molar-refractivity contribution in [1.82, 2.24) is 14.0 Å². The molecule has 2 unspecified atom stereocenters. The molecule has 1 saturated heterocycles. The highest BCUT2D eigenvalue weighted by Gasteiger charge is 2.32. The number of nitrogens with zero attached hydrogens (tertiary/aromatic N) is 3. The van der Waals surface area contributed by atoms with E-state index in [9.17, 15) is 9.59 Å². The van der Waals surface area contributed by atoms with Crippen LogP contribution in [0, 0.1) is 6.92 Å². The number of hydrogen-bond acceptors (Lipinski definition) is 3. The number of aryl methyl sites for hydroxylation is 2. The van der Waals surface area contributed by atoms with E-state index in [1.165, 1.54) is 36.0 Å². The number of piperidine rings is 1. The number of aromatic nitrogens is 2. The summed E-state index contributed by atoms with van der Waals surface area (Å²) in [4.78, 5) is 27.9. The predicted octanol–water partition coefficient (Wildman–Crippen LogP) is 3.87. The fourth-order valence-electron chi connectivity index (χ4n) is 5.80. The third-order valence-electron chi connectivity index (χ3n) is 7.50. The average molecular weight is 433 g/mol. The molecule has 2 heterocycles. The molecule has 0 saturated carbocycles. The van der Waals surface area contributed by atoms with Gasteiger partial charge in [0.05, 0.1) is 11.0 Å². The van der Waals surface area contributed by atoms with Crippen molar-refractivity contribution in [2.45, 2.75) is 64.1 Å². The zero-order valence-electron chi connectivity index (χ0n) is 19.0. The monoisotopic (exact) mass is 432 g/mol. The third kappa shape index (κ3) is 3.47. The zero-order chi connectivity index (χ0) is 22.4. The topological polar surface area (TPSA) is 73.3 Å². The number of benzene rings is 2. The first-order valence-electron chi connectivity index (χ1n) is 11.8. The molecular weight excluding hydrogens is 400 g/mol. The summed E-state index contributed by atoms with van der Waals surface area (Å²) in [7, 11) is 0. The summed E-state index contributed by atoms with van der Waals surface area (Å²) < 4.78 is 3.47. The van der Waals surface area contributed by atoms with Crippen LogP contribution in [-0.2, 0) is 11.2 Å². The van der Waals surface area contributed by atoms with E-state index in [0.717, 1.165) is 37.0 Å². The molecule has 32 heavy (non-hydrogen) atoms. The van der Waals surface area contributed by atoms with Crippen molar-refractivity contribution < 1.29 is 4.79 Å². The normalized spacial score (nSPS) is 20.9. The molecule has 2 atom stereocenters. The molecule has 2 N–H and O–H groups in total. The fraction of sp³-hybridized carbons (Fsp3) is 0.462. The molecule has 1 amide bonds. The standard InChI is InChI=1S/C26H32N4O2/c1-17-10-11-21-19(16-17)6-5-9-22(21)28-14-12-20(13-15-28)30-24-8-4-3-7-23(24)29(26(30)32)18(2)25(27)31/h3-4,7-8,10-11,16,18,20,22H,5-6,9,12-15H2,1-2H3,(H2,27,31). The molecule has 3 aromatic rings. The lowest BCUT2D eigenvalue weighted by Crippen LogP contribution is -2.41. The van der Waals surface area contributed by atoms with Crippen LogP contribution in [0.1, 0.15) is 67.4 Å². The summed E-state index contributed by atoms with van der Waals surface area (Å²) in [5.41, 5.74) is 11.4. The molecule has 1 fully saturated rings. The zero-order valence-corrected chi connectivity index (χ0v) is 19.0. The minimum atomic E-state index is -0.670. The molecular formula is C26H32N4O2. The lowest BCUT2D eigenvalue weighted by Gasteiger charge is -2.40. The molecule has 0 bridgehead atoms. The minimum Gasteiger partial charge on any atom is -0.368 e. The summed E-state index contributed by atoms with van der Waals surface area (Å²) in [5.74, 6) is -0.490. The van der Waals surface area contributed by atoms with E-state index in [4.69, 9.17) is 5.73 Å². The number of amides is 1. The summed E-state index contributed by atoms with van der Waals surface area (Å²) in [6.45, 7) is 5.81. The van der Waals surface area contributed by atoms with Gasteiger partial charge in [-0.1, -0.05) is 35.9 Å². The number of imidazole rings is 1. The number of likely N-dealkylation sites (tertiary alicyclic amines) is 1. The smallest absolute Gasteiger partial charge is 0.330 e. The van der Waals surface area contributed by atoms with Crippen LogP contribution in [0.25, 0.3) is 11.0 Å². The van der Waals surface area contributed by atoms with Gasteiger partial charge in [0.1, 0.15) is 6.04 Å². The van der Waals surface area contributed by atoms with Crippen molar-refractivity contribution in [3.8, 4) is 0 Å². The van der Waals surface area contributed by atoms with Crippen LogP contribution < -0.4 is 11.4 Å². The van der Waals surface area contributed by atoms with Crippen molar-refractivity contribution >= 4 is 16.9 Å². The molecule has 2 aliphatic rings. The maximum absolute atomic E-state index is 13.4. The minimum absolute atomic E-state index is 0.130. The third-order valence-corrected chi connectivity index (χ3v) is 7.50. The number of hydrogen-bond donors (Lipinski definition) is 1. The molecule has 6 heteroatoms. The van der Waals surface area contributed by atoms with Crippen LogP contribution in [-0.4, -0.2) is 33.0 Å². The van der Waals surface area contributed by atoms with Crippen molar-refractivity contribution in [1.29, 1.82) is 0 Å². The number of para-hydroxylation sites is 2. The van der Waals surface area contributed by atoms with E-state index in [2.05, 4.69) is 30.0 Å². The molecule has 2 aromatic carbocycles. The van der Waals surface area contributed by atoms with E-state index in [1.54, 1.807) is 11.5 Å². The van der Waals surface area contributed by atoms with Crippen molar-refractivity contribution in [3.63, 3.8) is 0 Å². The van der Waals surface area contributed by atoms with Crippen molar-refractivity contribution in [2.75, 3.05) is 13.1 Å². The predicted molar refractivity (Wildman–Crippen MR) is 127 cm³/mol. The number of carbonyl (C=O) groups is 1. The van der Waals surface area contributed by atoms with Gasteiger partial charge in [-0.2, -0.15) is 0 Å². The first-order valence-corrected chi connectivity index (χ1v) is 11.8. The molecule has 0 spiro atoms. The highest BCUT2D eigenvalue weighted by Crippen LogP contribution is 2.38. The van der Waals surface area contributed by atoms with Crippen LogP contribution in [0.15, 0.2) is 47.3 Å². The first kappa shape index (κ1) is 21.0. The highest BCUT2D eigenvalue weighted by atomic mass is 16.2. The van der Waals surface area contributed by atoms with Crippen LogP contribution >= 0.6 is 0 Å². The quantitative estimate of drug-likeness (QED) is 0.680. The van der Waals surface area contributed by atoms with Crippen molar-refractivity contribution in [3.05, 3.63) is 69.6 Å². The van der Waals surface area contributed by atoms with Gasteiger partial charge in [0.2, 0.25) is 5.91 Å². The SMILES string of the molecule is Cc1ccc2c(c1)CCCC2N1CCC(n2c(=O)n(C(C)C(N)=O)c3ccccc32)CC1. The highest BCUT2D eigenvalue weighted by molar-refractivity contribution is 5.82. The summed E-state index contributed by atoms with van der Waals surface area (Å²) >= 11 is 0. The molecule has 1 aromatic heterocycles. The average Bonchev–Trinajstić information content (AvgIpc) is 3.09. The molecule has 5 rings (SSSR count). The fourth-order valence-corrected chi connectivity index (χ4v) is 5.80. The Morgan fingerprint density at radius 1 is 1.06 bits per heavy atom. The first-order chi connectivity index (χ1) is 15.5. The second-order valence-electron chi connectivity index (χ2n) is 9.47. The molecule has 168 valence electrons. The molecule has 0 radical (unpaired) electrons. The van der Waals surface area contributed by atoms with Gasteiger partial charge in [0.25, 0.3) is 0 Å². The lowest BCUT2D eigenvalue weighted by atomic mass is 9.85. The van der Waals surface area contributed by atoms with Gasteiger partial charge in [-0.25, -0.2) is 4.79 Å². The molecule has 1 aliphatic carbocycles. The van der Waals surface area contributed by atoms with Crippen LogP contribution in [0.3, 0.4) is 0 Å². The van der Waals surface area contributed by atoms with Crippen LogP contribution in [0.2, 0.25) is 0 Å². The second kappa shape index (κ2) is 8.24. The Hall–Kier alpha value is -2.86. The maximum Gasteiger partial charge on any atom is 0.330 e. The number of primary amides is 1. The van der Waals surface area contributed by atoms with Gasteiger partial charge in [-0.05, 0) is 69.2 Å². The van der Waals surface area contributed by atoms with Crippen LogP contribution in [0.5, 0.6) is 0 Å². The van der Waals surface area contributed by atoms with E-state index < -0.39 is 11.9 Å². The van der Waals surface area contributed by atoms with E-state index in [-0.39, 0.29) is 11.7 Å². The lowest BCUT2D eigenvalue weighted by molar-refractivity contribution is -0.120. The van der Waals surface area contributed by atoms with Gasteiger partial charge >= 0.3 is 5.69 Å². The number of carbonyl (C=O) groups excluding carboxylic acids is 1. The maximum atomic E-state index is 13.4. The molecule has 6 nitrogen and oxygen atoms in total. The Morgan fingerprint density at radius 3 is 2.50 bits per heavy atom. The van der Waals surface area contributed by atoms with Crippen LogP contribution in [0.4, 0.5) is 0 Å². The summed E-state index contributed by atoms with van der Waals surface area (Å²) in [5, 5.41) is 0. The Bertz CT molecular complexity index is 1220. The Labute approximate surface area is 188 Å². The van der Waals surface area contributed by atoms with E-state index >= 15 is 0 Å². The number of rotatable bonds is 4. The second-order valence-corrected chi connectivity index (χ2v) is 9.47. The number of fused-ring (bicyclic) bond motifs is 2. The Morgan fingerprint density at radius 2 is 1.78 bits per heavy atom. The van der Waals surface area contributed by atoms with Gasteiger partial charge in [0.15, 0.2) is 0 Å². The van der Waals surface area contributed by atoms with Gasteiger partial charge in [-0.15, -0.1) is 0 Å². The van der Waals surface area contributed by atoms with Crippen molar-refractivity contribution in [2.24, 2.45) is 5.73 Å². The Balaban J connectivity index is 1.42. The molecule has 1 aliphatic heterocycles. The van der Waals surface area contributed by atoms with Gasteiger partial charge in [-0.3, -0.25) is 18.8 Å². The summed E-state index contributed by atoms with van der Waals surface area (Å²) in [6, 6.07) is 14.6. The van der Waals surface area contributed by atoms with E-state index in [0.29, 0.717) is 6.04 Å². The van der Waals surface area contributed by atoms with E-state index in [1.807, 2.05) is 28.8 Å². The summed E-state index contributed by atoms with van der Waals surface area (Å²) in [6.07, 6.45) is 5.47. The number of nitrogens with two attached hydrogens (primary N) is 1. The van der Waals surface area contributed by atoms with Gasteiger partial charge in [0, 0.05) is 25.2 Å². The van der Waals surface area contributed by atoms with Gasteiger partial charge < -0.3 is 5.73 Å². The largest absolute Gasteiger partial charge is 0.368 e.